The minimum absolute atomic E-state index is 0.128. The number of hydrogen-bond donors (Lipinski definition) is 0. The van der Waals surface area contributed by atoms with Gasteiger partial charge in [0.1, 0.15) is 5.75 Å². The van der Waals surface area contributed by atoms with Crippen molar-refractivity contribution in [1.29, 1.82) is 0 Å². The van der Waals surface area contributed by atoms with Crippen LogP contribution in [0.5, 0.6) is 5.75 Å². The number of carbonyl (C=O) groups excluding carboxylic acids is 2. The molecule has 0 radical (unpaired) electrons. The maximum Gasteiger partial charge on any atom is 0.310 e. The second kappa shape index (κ2) is 7.49. The van der Waals surface area contributed by atoms with Crippen molar-refractivity contribution in [2.75, 3.05) is 13.7 Å². The standard InChI is InChI=1S/C20H18O4S/c1-13-16-5-3-4-6-18(16)25-20(13)17(21)12-24-19(22)11-14-7-9-15(23-2)10-8-14/h3-10H,11-12H2,1-2H3. The van der Waals surface area contributed by atoms with Crippen LogP contribution in [0.2, 0.25) is 0 Å². The molecule has 0 N–H and O–H groups in total. The van der Waals surface area contributed by atoms with E-state index >= 15 is 0 Å². The number of esters is 1. The lowest BCUT2D eigenvalue weighted by molar-refractivity contribution is -0.141. The molecule has 3 aromatic rings. The van der Waals surface area contributed by atoms with Crippen LogP contribution in [0, 0.1) is 6.92 Å². The lowest BCUT2D eigenvalue weighted by Crippen LogP contribution is -2.15. The molecule has 0 unspecified atom stereocenters. The number of carbonyl (C=O) groups is 2. The van der Waals surface area contributed by atoms with E-state index in [4.69, 9.17) is 9.47 Å². The smallest absolute Gasteiger partial charge is 0.310 e. The van der Waals surface area contributed by atoms with Crippen LogP contribution in [-0.2, 0) is 16.0 Å². The first-order chi connectivity index (χ1) is 12.1. The van der Waals surface area contributed by atoms with Gasteiger partial charge in [-0.1, -0.05) is 30.3 Å². The first-order valence-corrected chi connectivity index (χ1v) is 8.70. The maximum atomic E-state index is 12.4. The molecule has 0 bridgehead atoms. The molecule has 0 atom stereocenters. The van der Waals surface area contributed by atoms with Gasteiger partial charge in [0.2, 0.25) is 5.78 Å². The number of ether oxygens (including phenoxy) is 2. The summed E-state index contributed by atoms with van der Waals surface area (Å²) in [6.07, 6.45) is 0.128. The molecule has 1 heterocycles. The molecule has 5 heteroatoms. The van der Waals surface area contributed by atoms with Crippen molar-refractivity contribution >= 4 is 33.2 Å². The monoisotopic (exact) mass is 354 g/mol. The zero-order valence-electron chi connectivity index (χ0n) is 14.1. The zero-order chi connectivity index (χ0) is 17.8. The Morgan fingerprint density at radius 3 is 2.44 bits per heavy atom. The summed E-state index contributed by atoms with van der Waals surface area (Å²) in [5.74, 6) is 0.145. The van der Waals surface area contributed by atoms with Gasteiger partial charge >= 0.3 is 5.97 Å². The number of benzene rings is 2. The van der Waals surface area contributed by atoms with Gasteiger partial charge in [-0.3, -0.25) is 9.59 Å². The molecule has 0 saturated carbocycles. The van der Waals surface area contributed by atoms with Crippen LogP contribution in [-0.4, -0.2) is 25.5 Å². The molecule has 25 heavy (non-hydrogen) atoms. The van der Waals surface area contributed by atoms with E-state index in [2.05, 4.69) is 0 Å². The van der Waals surface area contributed by atoms with E-state index in [-0.39, 0.29) is 18.8 Å². The van der Waals surface area contributed by atoms with E-state index in [1.807, 2.05) is 31.2 Å². The molecule has 0 spiro atoms. The zero-order valence-corrected chi connectivity index (χ0v) is 14.9. The van der Waals surface area contributed by atoms with E-state index in [0.717, 1.165) is 27.0 Å². The Morgan fingerprint density at radius 2 is 1.76 bits per heavy atom. The van der Waals surface area contributed by atoms with E-state index in [0.29, 0.717) is 4.88 Å². The van der Waals surface area contributed by atoms with Crippen LogP contribution >= 0.6 is 11.3 Å². The summed E-state index contributed by atoms with van der Waals surface area (Å²) in [6, 6.07) is 15.1. The largest absolute Gasteiger partial charge is 0.497 e. The van der Waals surface area contributed by atoms with Crippen LogP contribution < -0.4 is 4.74 Å². The molecule has 0 aliphatic heterocycles. The molecule has 3 rings (SSSR count). The van der Waals surface area contributed by atoms with E-state index in [9.17, 15) is 9.59 Å². The third kappa shape index (κ3) is 3.88. The highest BCUT2D eigenvalue weighted by atomic mass is 32.1. The van der Waals surface area contributed by atoms with Gasteiger partial charge < -0.3 is 9.47 Å². The molecular weight excluding hydrogens is 336 g/mol. The topological polar surface area (TPSA) is 52.6 Å². The summed E-state index contributed by atoms with van der Waals surface area (Å²) < 4.78 is 11.3. The van der Waals surface area contributed by atoms with Gasteiger partial charge in [-0.05, 0) is 41.6 Å². The number of fused-ring (bicyclic) bond motifs is 1. The minimum atomic E-state index is -0.419. The number of methoxy groups -OCH3 is 1. The minimum Gasteiger partial charge on any atom is -0.497 e. The number of Topliss-reactive ketones (excluding diaryl/α,β-unsaturated/α-hetero) is 1. The van der Waals surface area contributed by atoms with Crippen molar-refractivity contribution < 1.29 is 19.1 Å². The summed E-state index contributed by atoms with van der Waals surface area (Å²) in [4.78, 5) is 25.0. The van der Waals surface area contributed by atoms with Gasteiger partial charge in [-0.25, -0.2) is 0 Å². The fraction of sp³-hybridized carbons (Fsp3) is 0.200. The van der Waals surface area contributed by atoms with Crippen LogP contribution in [0.1, 0.15) is 20.8 Å². The summed E-state index contributed by atoms with van der Waals surface area (Å²) in [6.45, 7) is 1.69. The Kier molecular flexibility index (Phi) is 5.14. The van der Waals surface area contributed by atoms with E-state index in [1.165, 1.54) is 11.3 Å². The Bertz CT molecular complexity index is 909. The second-order valence-corrected chi connectivity index (χ2v) is 6.71. The van der Waals surface area contributed by atoms with Gasteiger partial charge in [-0.15, -0.1) is 11.3 Å². The third-order valence-corrected chi connectivity index (χ3v) is 5.28. The molecule has 0 fully saturated rings. The average Bonchev–Trinajstić information content (AvgIpc) is 2.97. The fourth-order valence-corrected chi connectivity index (χ4v) is 3.75. The van der Waals surface area contributed by atoms with Crippen molar-refractivity contribution in [2.45, 2.75) is 13.3 Å². The molecule has 0 aliphatic carbocycles. The Balaban J connectivity index is 1.60. The van der Waals surface area contributed by atoms with Crippen molar-refractivity contribution in [3.63, 3.8) is 0 Å². The molecule has 0 amide bonds. The van der Waals surface area contributed by atoms with Crippen LogP contribution in [0.3, 0.4) is 0 Å². The third-order valence-electron chi connectivity index (χ3n) is 3.97. The first kappa shape index (κ1) is 17.2. The molecule has 1 aromatic heterocycles. The van der Waals surface area contributed by atoms with E-state index in [1.54, 1.807) is 31.4 Å². The summed E-state index contributed by atoms with van der Waals surface area (Å²) >= 11 is 1.44. The van der Waals surface area contributed by atoms with Gasteiger partial charge in [0, 0.05) is 4.70 Å². The number of thiophene rings is 1. The molecule has 128 valence electrons. The highest BCUT2D eigenvalue weighted by Crippen LogP contribution is 2.30. The van der Waals surface area contributed by atoms with Gasteiger partial charge in [0.15, 0.2) is 6.61 Å². The number of aryl methyl sites for hydroxylation is 1. The van der Waals surface area contributed by atoms with Crippen LogP contribution in [0.25, 0.3) is 10.1 Å². The average molecular weight is 354 g/mol. The number of rotatable bonds is 6. The van der Waals surface area contributed by atoms with Crippen molar-refractivity contribution in [3.05, 3.63) is 64.5 Å². The molecule has 4 nitrogen and oxygen atoms in total. The predicted octanol–water partition coefficient (Wildman–Crippen LogP) is 4.19. The lowest BCUT2D eigenvalue weighted by atomic mass is 10.1. The molecular formula is C20H18O4S. The molecule has 0 saturated heterocycles. The number of hydrogen-bond acceptors (Lipinski definition) is 5. The summed E-state index contributed by atoms with van der Waals surface area (Å²) in [5.41, 5.74) is 1.76. The number of ketones is 1. The Labute approximate surface area is 150 Å². The SMILES string of the molecule is COc1ccc(CC(=O)OCC(=O)c2sc3ccccc3c2C)cc1. The summed E-state index contributed by atoms with van der Waals surface area (Å²) in [7, 11) is 1.59. The van der Waals surface area contributed by atoms with Crippen molar-refractivity contribution in [2.24, 2.45) is 0 Å². The Morgan fingerprint density at radius 1 is 1.04 bits per heavy atom. The first-order valence-electron chi connectivity index (χ1n) is 7.88. The van der Waals surface area contributed by atoms with Crippen molar-refractivity contribution in [3.8, 4) is 5.75 Å². The summed E-state index contributed by atoms with van der Waals surface area (Å²) in [5, 5.41) is 1.07. The highest BCUT2D eigenvalue weighted by Gasteiger charge is 2.17. The molecule has 2 aromatic carbocycles. The van der Waals surface area contributed by atoms with Crippen molar-refractivity contribution in [1.82, 2.24) is 0 Å². The normalized spacial score (nSPS) is 10.6. The lowest BCUT2D eigenvalue weighted by Gasteiger charge is -2.05. The fourth-order valence-electron chi connectivity index (χ4n) is 2.61. The van der Waals surface area contributed by atoms with Gasteiger partial charge in [0.05, 0.1) is 18.4 Å². The quantitative estimate of drug-likeness (QED) is 0.492. The second-order valence-electron chi connectivity index (χ2n) is 5.66. The van der Waals surface area contributed by atoms with Gasteiger partial charge in [0.25, 0.3) is 0 Å². The molecule has 0 aliphatic rings. The maximum absolute atomic E-state index is 12.4. The predicted molar refractivity (Wildman–Crippen MR) is 98.5 cm³/mol. The highest BCUT2D eigenvalue weighted by molar-refractivity contribution is 7.21. The van der Waals surface area contributed by atoms with Crippen LogP contribution in [0.15, 0.2) is 48.5 Å². The Hall–Kier alpha value is -2.66. The van der Waals surface area contributed by atoms with Gasteiger partial charge in [-0.2, -0.15) is 0 Å². The van der Waals surface area contributed by atoms with E-state index < -0.39 is 5.97 Å². The van der Waals surface area contributed by atoms with Crippen LogP contribution in [0.4, 0.5) is 0 Å².